The van der Waals surface area contributed by atoms with E-state index in [1.807, 2.05) is 0 Å². The van der Waals surface area contributed by atoms with Crippen molar-refractivity contribution in [2.24, 2.45) is 0 Å². The van der Waals surface area contributed by atoms with Gasteiger partial charge in [0.2, 0.25) is 0 Å². The number of halogens is 4. The molecule has 0 bridgehead atoms. The van der Waals surface area contributed by atoms with Crippen LogP contribution in [0.15, 0.2) is 0 Å². The molecule has 0 spiro atoms. The van der Waals surface area contributed by atoms with Crippen molar-refractivity contribution in [2.45, 2.75) is 24.0 Å². The van der Waals surface area contributed by atoms with E-state index in [9.17, 15) is 13.2 Å². The molecule has 0 aromatic rings. The minimum atomic E-state index is -3.93. The van der Waals surface area contributed by atoms with E-state index >= 15 is 0 Å². The van der Waals surface area contributed by atoms with Crippen LogP contribution in [0.5, 0.6) is 0 Å². The van der Waals surface area contributed by atoms with E-state index < -0.39 is 12.6 Å². The Morgan fingerprint density at radius 3 is 1.78 bits per heavy atom. The summed E-state index contributed by atoms with van der Waals surface area (Å²) in [6.45, 7) is 0. The second-order valence-electron chi connectivity index (χ2n) is 1.57. The summed E-state index contributed by atoms with van der Waals surface area (Å²) >= 11 is 0.968. The minimum Gasteiger partial charge on any atom is -1.00 e. The molecular formula is C4H6BrF3Zn. The average Bonchev–Trinajstić information content (AvgIpc) is 1.59. The van der Waals surface area contributed by atoms with Crippen LogP contribution in [0, 0.1) is 0 Å². The molecule has 0 rings (SSSR count). The van der Waals surface area contributed by atoms with Gasteiger partial charge in [0.15, 0.2) is 0 Å². The smallest absolute Gasteiger partial charge is 1.00 e. The third-order valence-electron chi connectivity index (χ3n) is 0.710. The van der Waals surface area contributed by atoms with Gasteiger partial charge in [-0.15, -0.1) is 0 Å². The summed E-state index contributed by atoms with van der Waals surface area (Å²) in [7, 11) is 0. The Kier molecular flexibility index (Phi) is 7.90. The third kappa shape index (κ3) is 12.2. The summed E-state index contributed by atoms with van der Waals surface area (Å²) in [6, 6.07) is 0. The van der Waals surface area contributed by atoms with Crippen molar-refractivity contribution in [1.82, 2.24) is 0 Å². The molecular weight excluding hydrogens is 250 g/mol. The molecule has 0 saturated carbocycles. The number of alkyl halides is 3. The molecule has 0 heterocycles. The first-order chi connectivity index (χ1) is 3.56. The molecule has 0 aromatic heterocycles. The molecule has 0 aliphatic rings. The number of rotatable bonds is 2. The Morgan fingerprint density at radius 1 is 1.22 bits per heavy atom. The van der Waals surface area contributed by atoms with E-state index in [1.165, 1.54) is 0 Å². The van der Waals surface area contributed by atoms with Crippen LogP contribution < -0.4 is 17.0 Å². The summed E-state index contributed by atoms with van der Waals surface area (Å²) in [5.41, 5.74) is 0. The Bertz CT molecular complexity index is 63.3. The second kappa shape index (κ2) is 5.66. The van der Waals surface area contributed by atoms with Crippen LogP contribution in [0.2, 0.25) is 5.02 Å². The Hall–Kier alpha value is 0.893. The van der Waals surface area contributed by atoms with Gasteiger partial charge >= 0.3 is 55.5 Å². The van der Waals surface area contributed by atoms with E-state index in [-0.39, 0.29) is 17.0 Å². The van der Waals surface area contributed by atoms with Gasteiger partial charge in [-0.3, -0.25) is 0 Å². The summed E-state index contributed by atoms with van der Waals surface area (Å²) < 4.78 is 33.8. The maximum atomic E-state index is 11.3. The Balaban J connectivity index is 0. The van der Waals surface area contributed by atoms with E-state index in [4.69, 9.17) is 0 Å². The van der Waals surface area contributed by atoms with Gasteiger partial charge in [0.25, 0.3) is 0 Å². The summed E-state index contributed by atoms with van der Waals surface area (Å²) in [5.74, 6) is 0. The van der Waals surface area contributed by atoms with Gasteiger partial charge in [-0.25, -0.2) is 0 Å². The topological polar surface area (TPSA) is 0 Å². The van der Waals surface area contributed by atoms with Crippen LogP contribution >= 0.6 is 0 Å². The van der Waals surface area contributed by atoms with Gasteiger partial charge in [0.1, 0.15) is 0 Å². The van der Waals surface area contributed by atoms with Crippen LogP contribution in [0.3, 0.4) is 0 Å². The molecule has 0 unspecified atom stereocenters. The fourth-order valence-corrected chi connectivity index (χ4v) is 0.850. The van der Waals surface area contributed by atoms with Gasteiger partial charge in [0, 0.05) is 0 Å². The van der Waals surface area contributed by atoms with Gasteiger partial charge < -0.3 is 17.0 Å². The summed E-state index contributed by atoms with van der Waals surface area (Å²) in [6.07, 6.45) is -4.22. The summed E-state index contributed by atoms with van der Waals surface area (Å²) in [5, 5.41) is 0.736. The van der Waals surface area contributed by atoms with E-state index in [2.05, 4.69) is 0 Å². The average molecular weight is 256 g/mol. The van der Waals surface area contributed by atoms with Crippen molar-refractivity contribution >= 4 is 0 Å². The van der Waals surface area contributed by atoms with Gasteiger partial charge in [-0.05, 0) is 0 Å². The minimum absolute atomic E-state index is 0. The van der Waals surface area contributed by atoms with E-state index in [1.54, 1.807) is 0 Å². The maximum absolute atomic E-state index is 11.3. The molecule has 0 aromatic carbocycles. The van der Waals surface area contributed by atoms with Crippen molar-refractivity contribution in [3.63, 3.8) is 0 Å². The molecule has 0 fully saturated rings. The number of hydrogen-bond donors (Lipinski definition) is 0. The van der Waals surface area contributed by atoms with Crippen molar-refractivity contribution < 1.29 is 48.5 Å². The molecule has 0 atom stereocenters. The van der Waals surface area contributed by atoms with Crippen molar-refractivity contribution in [3.8, 4) is 0 Å². The quantitative estimate of drug-likeness (QED) is 0.573. The molecule has 0 nitrogen and oxygen atoms in total. The zero-order chi connectivity index (χ0) is 6.62. The molecule has 0 N–H and O–H groups in total. The van der Waals surface area contributed by atoms with Crippen LogP contribution in [0.1, 0.15) is 12.8 Å². The van der Waals surface area contributed by atoms with Gasteiger partial charge in [-0.2, -0.15) is 0 Å². The zero-order valence-corrected chi connectivity index (χ0v) is 9.39. The van der Waals surface area contributed by atoms with Gasteiger partial charge in [-0.1, -0.05) is 0 Å². The maximum Gasteiger partial charge on any atom is -1.00 e. The first kappa shape index (κ1) is 12.6. The van der Waals surface area contributed by atoms with Crippen LogP contribution in [-0.2, 0) is 18.3 Å². The van der Waals surface area contributed by atoms with Crippen molar-refractivity contribution in [1.29, 1.82) is 0 Å². The Morgan fingerprint density at radius 2 is 1.67 bits per heavy atom. The Labute approximate surface area is 72.6 Å². The summed E-state index contributed by atoms with van der Waals surface area (Å²) in [4.78, 5) is 0. The van der Waals surface area contributed by atoms with Crippen LogP contribution in [0.25, 0.3) is 0 Å². The predicted molar refractivity (Wildman–Crippen MR) is 20.1 cm³/mol. The SMILES string of the molecule is FC(F)(F)CC[CH2][Zn+].[Br-]. The fraction of sp³-hybridized carbons (Fsp3) is 1.00. The number of hydrogen-bond acceptors (Lipinski definition) is 0. The fourth-order valence-electron chi connectivity index (χ4n) is 0.325. The van der Waals surface area contributed by atoms with Crippen molar-refractivity contribution in [2.75, 3.05) is 0 Å². The molecule has 9 heavy (non-hydrogen) atoms. The molecule has 0 saturated heterocycles. The molecule has 5 heteroatoms. The third-order valence-corrected chi connectivity index (χ3v) is 1.76. The normalized spacial score (nSPS) is 10.8. The molecule has 0 aliphatic carbocycles. The first-order valence-corrected chi connectivity index (χ1v) is 4.52. The van der Waals surface area contributed by atoms with E-state index in [0.717, 1.165) is 23.3 Å². The van der Waals surface area contributed by atoms with E-state index in [0.29, 0.717) is 6.42 Å². The van der Waals surface area contributed by atoms with Gasteiger partial charge in [0.05, 0.1) is 0 Å². The largest absolute Gasteiger partial charge is 1.00 e. The second-order valence-corrected chi connectivity index (χ2v) is 3.06. The van der Waals surface area contributed by atoms with Crippen molar-refractivity contribution in [3.05, 3.63) is 0 Å². The van der Waals surface area contributed by atoms with Crippen LogP contribution in [0.4, 0.5) is 13.2 Å². The monoisotopic (exact) mass is 254 g/mol. The molecule has 0 radical (unpaired) electrons. The zero-order valence-electron chi connectivity index (χ0n) is 4.84. The predicted octanol–water partition coefficient (Wildman–Crippen LogP) is -0.702. The molecule has 0 aliphatic heterocycles. The standard InChI is InChI=1S/C4H6F3.BrH.Zn/c1-2-3-4(5,6)7;;/h1-3H2;1H;/q;;+1/p-1. The first-order valence-electron chi connectivity index (χ1n) is 2.42. The molecule has 52 valence electrons. The van der Waals surface area contributed by atoms with Crippen LogP contribution in [-0.4, -0.2) is 6.18 Å². The molecule has 0 amide bonds.